The average Bonchev–Trinajstić information content (AvgIpc) is 2.24. The van der Waals surface area contributed by atoms with Crippen LogP contribution in [0, 0.1) is 11.6 Å². The minimum Gasteiger partial charge on any atom is -0.394 e. The van der Waals surface area contributed by atoms with Crippen molar-refractivity contribution in [1.29, 1.82) is 0 Å². The highest BCUT2D eigenvalue weighted by atomic mass is 79.9. The van der Waals surface area contributed by atoms with Crippen LogP contribution in [-0.2, 0) is 6.54 Å². The number of aliphatic hydroxyl groups excluding tert-OH is 1. The molecule has 5 heteroatoms. The van der Waals surface area contributed by atoms with Gasteiger partial charge in [-0.25, -0.2) is 8.78 Å². The van der Waals surface area contributed by atoms with Crippen LogP contribution in [0.25, 0.3) is 0 Å². The maximum absolute atomic E-state index is 13.6. The Morgan fingerprint density at radius 3 is 2.56 bits per heavy atom. The zero-order valence-electron chi connectivity index (χ0n) is 9.15. The molecule has 0 fully saturated rings. The van der Waals surface area contributed by atoms with Crippen LogP contribution in [0.3, 0.4) is 0 Å². The standard InChI is InChI=1S/C11H14BrF2NO/c1-11(2,6-16)15-5-7-9(13)4-3-8(12)10(7)14/h3-4,15-16H,5-6H2,1-2H3. The van der Waals surface area contributed by atoms with Gasteiger partial charge in [-0.1, -0.05) is 0 Å². The topological polar surface area (TPSA) is 32.3 Å². The van der Waals surface area contributed by atoms with Crippen molar-refractivity contribution in [2.45, 2.75) is 25.9 Å². The van der Waals surface area contributed by atoms with Gasteiger partial charge in [-0.05, 0) is 41.9 Å². The molecule has 0 heterocycles. The molecule has 0 spiro atoms. The summed E-state index contributed by atoms with van der Waals surface area (Å²) >= 11 is 3.00. The molecule has 0 aromatic heterocycles. The van der Waals surface area contributed by atoms with E-state index in [0.29, 0.717) is 0 Å². The fourth-order valence-electron chi connectivity index (χ4n) is 1.11. The van der Waals surface area contributed by atoms with Crippen LogP contribution in [0.4, 0.5) is 8.78 Å². The van der Waals surface area contributed by atoms with Crippen LogP contribution in [0.15, 0.2) is 16.6 Å². The van der Waals surface area contributed by atoms with E-state index in [4.69, 9.17) is 5.11 Å². The summed E-state index contributed by atoms with van der Waals surface area (Å²) in [6.45, 7) is 3.43. The first-order chi connectivity index (χ1) is 7.37. The number of benzene rings is 1. The van der Waals surface area contributed by atoms with Crippen LogP contribution < -0.4 is 5.32 Å². The lowest BCUT2D eigenvalue weighted by atomic mass is 10.1. The van der Waals surface area contributed by atoms with Gasteiger partial charge in [-0.3, -0.25) is 0 Å². The monoisotopic (exact) mass is 293 g/mol. The minimum atomic E-state index is -0.610. The number of nitrogens with one attached hydrogen (secondary N) is 1. The quantitative estimate of drug-likeness (QED) is 0.837. The predicted molar refractivity (Wildman–Crippen MR) is 62.1 cm³/mol. The van der Waals surface area contributed by atoms with E-state index < -0.39 is 17.2 Å². The summed E-state index contributed by atoms with van der Waals surface area (Å²) in [4.78, 5) is 0. The fraction of sp³-hybridized carbons (Fsp3) is 0.455. The Kier molecular flexibility index (Phi) is 4.41. The Morgan fingerprint density at radius 1 is 1.38 bits per heavy atom. The summed E-state index contributed by atoms with van der Waals surface area (Å²) in [6.07, 6.45) is 0. The third-order valence-corrected chi connectivity index (χ3v) is 2.89. The van der Waals surface area contributed by atoms with E-state index in [1.165, 1.54) is 12.1 Å². The molecule has 2 nitrogen and oxygen atoms in total. The molecule has 1 aromatic carbocycles. The van der Waals surface area contributed by atoms with Crippen molar-refractivity contribution < 1.29 is 13.9 Å². The first-order valence-corrected chi connectivity index (χ1v) is 5.65. The molecule has 0 aliphatic rings. The van der Waals surface area contributed by atoms with E-state index in [1.807, 2.05) is 0 Å². The van der Waals surface area contributed by atoms with E-state index >= 15 is 0 Å². The van der Waals surface area contributed by atoms with Gasteiger partial charge in [-0.2, -0.15) is 0 Å². The predicted octanol–water partition coefficient (Wildman–Crippen LogP) is 2.59. The molecule has 0 unspecified atom stereocenters. The maximum atomic E-state index is 13.6. The largest absolute Gasteiger partial charge is 0.394 e. The van der Waals surface area contributed by atoms with Crippen LogP contribution in [0.5, 0.6) is 0 Å². The molecule has 1 aromatic rings. The van der Waals surface area contributed by atoms with E-state index in [1.54, 1.807) is 13.8 Å². The molecule has 2 N–H and O–H groups in total. The fourth-order valence-corrected chi connectivity index (χ4v) is 1.49. The molecular formula is C11H14BrF2NO. The first-order valence-electron chi connectivity index (χ1n) is 4.85. The zero-order valence-corrected chi connectivity index (χ0v) is 10.7. The summed E-state index contributed by atoms with van der Waals surface area (Å²) in [7, 11) is 0. The second kappa shape index (κ2) is 5.21. The number of aliphatic hydroxyl groups is 1. The molecule has 0 aliphatic heterocycles. The summed E-state index contributed by atoms with van der Waals surface area (Å²) in [5.41, 5.74) is -0.600. The first kappa shape index (κ1) is 13.5. The number of hydrogen-bond acceptors (Lipinski definition) is 2. The zero-order chi connectivity index (χ0) is 12.3. The van der Waals surface area contributed by atoms with Gasteiger partial charge in [0.05, 0.1) is 11.1 Å². The lowest BCUT2D eigenvalue weighted by Crippen LogP contribution is -2.42. The number of halogens is 3. The van der Waals surface area contributed by atoms with E-state index in [2.05, 4.69) is 21.2 Å². The molecule has 0 amide bonds. The van der Waals surface area contributed by atoms with Gasteiger partial charge in [0.25, 0.3) is 0 Å². The van der Waals surface area contributed by atoms with Gasteiger partial charge in [0.1, 0.15) is 11.6 Å². The Balaban J connectivity index is 2.86. The Labute approximate surface area is 102 Å². The minimum absolute atomic E-state index is 0.0316. The van der Waals surface area contributed by atoms with Crippen LogP contribution in [0.2, 0.25) is 0 Å². The Morgan fingerprint density at radius 2 is 2.00 bits per heavy atom. The van der Waals surface area contributed by atoms with Crippen LogP contribution in [-0.4, -0.2) is 17.3 Å². The molecule has 16 heavy (non-hydrogen) atoms. The van der Waals surface area contributed by atoms with Crippen LogP contribution in [0.1, 0.15) is 19.4 Å². The van der Waals surface area contributed by atoms with Crippen molar-refractivity contribution in [2.75, 3.05) is 6.61 Å². The SMILES string of the molecule is CC(C)(CO)NCc1c(F)ccc(Br)c1F. The number of hydrogen-bond donors (Lipinski definition) is 2. The Bertz CT molecular complexity index is 382. The molecule has 0 saturated heterocycles. The Hall–Kier alpha value is -0.520. The number of rotatable bonds is 4. The summed E-state index contributed by atoms with van der Waals surface area (Å²) in [5.74, 6) is -1.21. The highest BCUT2D eigenvalue weighted by molar-refractivity contribution is 9.10. The van der Waals surface area contributed by atoms with Gasteiger partial charge in [0, 0.05) is 17.6 Å². The molecule has 0 atom stereocenters. The third-order valence-electron chi connectivity index (χ3n) is 2.28. The van der Waals surface area contributed by atoms with Gasteiger partial charge in [0.15, 0.2) is 0 Å². The highest BCUT2D eigenvalue weighted by Gasteiger charge is 2.18. The van der Waals surface area contributed by atoms with Gasteiger partial charge < -0.3 is 10.4 Å². The van der Waals surface area contributed by atoms with Crippen molar-refractivity contribution in [1.82, 2.24) is 5.32 Å². The van der Waals surface area contributed by atoms with Crippen molar-refractivity contribution in [3.63, 3.8) is 0 Å². The molecule has 0 aliphatic carbocycles. The van der Waals surface area contributed by atoms with Gasteiger partial charge in [-0.15, -0.1) is 0 Å². The lowest BCUT2D eigenvalue weighted by Gasteiger charge is -2.23. The van der Waals surface area contributed by atoms with Crippen molar-refractivity contribution in [2.24, 2.45) is 0 Å². The third kappa shape index (κ3) is 3.23. The molecule has 1 rings (SSSR count). The van der Waals surface area contributed by atoms with E-state index in [-0.39, 0.29) is 23.2 Å². The molecule has 0 bridgehead atoms. The summed E-state index contributed by atoms with van der Waals surface area (Å²) < 4.78 is 27.1. The second-order valence-electron chi connectivity index (χ2n) is 4.22. The molecule has 0 saturated carbocycles. The van der Waals surface area contributed by atoms with Gasteiger partial charge in [0.2, 0.25) is 0 Å². The van der Waals surface area contributed by atoms with Crippen molar-refractivity contribution >= 4 is 15.9 Å². The van der Waals surface area contributed by atoms with Gasteiger partial charge >= 0.3 is 0 Å². The van der Waals surface area contributed by atoms with Crippen molar-refractivity contribution in [3.8, 4) is 0 Å². The molecule has 0 radical (unpaired) electrons. The highest BCUT2D eigenvalue weighted by Crippen LogP contribution is 2.21. The molecular weight excluding hydrogens is 280 g/mol. The normalized spacial score (nSPS) is 11.9. The second-order valence-corrected chi connectivity index (χ2v) is 5.07. The van der Waals surface area contributed by atoms with Crippen LogP contribution >= 0.6 is 15.9 Å². The smallest absolute Gasteiger partial charge is 0.144 e. The summed E-state index contributed by atoms with van der Waals surface area (Å²) in [6, 6.07) is 2.53. The maximum Gasteiger partial charge on any atom is 0.144 e. The lowest BCUT2D eigenvalue weighted by molar-refractivity contribution is 0.186. The van der Waals surface area contributed by atoms with E-state index in [0.717, 1.165) is 0 Å². The summed E-state index contributed by atoms with van der Waals surface area (Å²) in [5, 5.41) is 11.9. The van der Waals surface area contributed by atoms with Crippen molar-refractivity contribution in [3.05, 3.63) is 33.8 Å². The average molecular weight is 294 g/mol. The molecule has 90 valence electrons. The van der Waals surface area contributed by atoms with E-state index in [9.17, 15) is 8.78 Å².